The van der Waals surface area contributed by atoms with Crippen molar-refractivity contribution in [1.82, 2.24) is 4.90 Å². The van der Waals surface area contributed by atoms with E-state index in [4.69, 9.17) is 4.74 Å². The molecule has 3 rings (SSSR count). The topological polar surface area (TPSA) is 58.6 Å². The van der Waals surface area contributed by atoms with Crippen LogP contribution in [0.5, 0.6) is 5.75 Å². The van der Waals surface area contributed by atoms with Crippen molar-refractivity contribution < 1.29 is 14.3 Å². The Labute approximate surface area is 130 Å². The summed E-state index contributed by atoms with van der Waals surface area (Å²) in [6.45, 7) is 0.555. The maximum atomic E-state index is 12.4. The lowest BCUT2D eigenvalue weighted by atomic mass is 10.1. The maximum absolute atomic E-state index is 12.4. The number of ether oxygens (including phenoxy) is 1. The number of hydrogen-bond acceptors (Lipinski definition) is 3. The number of carbonyl (C=O) groups is 2. The van der Waals surface area contributed by atoms with Gasteiger partial charge in [0.2, 0.25) is 11.8 Å². The van der Waals surface area contributed by atoms with Crippen LogP contribution >= 0.6 is 0 Å². The van der Waals surface area contributed by atoms with E-state index in [1.807, 2.05) is 23.1 Å². The van der Waals surface area contributed by atoms with Gasteiger partial charge >= 0.3 is 0 Å². The van der Waals surface area contributed by atoms with E-state index in [0.717, 1.165) is 12.8 Å². The van der Waals surface area contributed by atoms with Gasteiger partial charge in [0, 0.05) is 30.8 Å². The van der Waals surface area contributed by atoms with Gasteiger partial charge in [-0.25, -0.2) is 0 Å². The number of likely N-dealkylation sites (tertiary alicyclic amines) is 1. The highest BCUT2D eigenvalue weighted by molar-refractivity contribution is 5.97. The number of amides is 2. The first-order valence-corrected chi connectivity index (χ1v) is 7.92. The summed E-state index contributed by atoms with van der Waals surface area (Å²) < 4.78 is 5.15. The lowest BCUT2D eigenvalue weighted by molar-refractivity contribution is -0.129. The van der Waals surface area contributed by atoms with Gasteiger partial charge in [0.1, 0.15) is 5.75 Å². The Morgan fingerprint density at radius 3 is 2.82 bits per heavy atom. The molecule has 2 fully saturated rings. The summed E-state index contributed by atoms with van der Waals surface area (Å²) >= 11 is 0. The zero-order chi connectivity index (χ0) is 15.5. The Morgan fingerprint density at radius 1 is 1.32 bits per heavy atom. The first-order valence-electron chi connectivity index (χ1n) is 7.92. The van der Waals surface area contributed by atoms with Gasteiger partial charge in [-0.15, -0.1) is 0 Å². The van der Waals surface area contributed by atoms with Crippen molar-refractivity contribution in [3.05, 3.63) is 24.3 Å². The predicted octanol–water partition coefficient (Wildman–Crippen LogP) is 2.42. The van der Waals surface area contributed by atoms with E-state index < -0.39 is 0 Å². The molecule has 1 heterocycles. The number of anilines is 1. The zero-order valence-corrected chi connectivity index (χ0v) is 12.9. The minimum Gasteiger partial charge on any atom is -0.497 e. The van der Waals surface area contributed by atoms with E-state index in [-0.39, 0.29) is 17.7 Å². The van der Waals surface area contributed by atoms with Gasteiger partial charge in [0.05, 0.1) is 13.0 Å². The minimum absolute atomic E-state index is 0.0814. The second-order valence-electron chi connectivity index (χ2n) is 6.11. The normalized spacial score (nSPS) is 22.1. The Bertz CT molecular complexity index is 567. The second kappa shape index (κ2) is 6.38. The molecule has 118 valence electrons. The van der Waals surface area contributed by atoms with Crippen LogP contribution in [0.15, 0.2) is 24.3 Å². The maximum Gasteiger partial charge on any atom is 0.229 e. The minimum atomic E-state index is -0.251. The van der Waals surface area contributed by atoms with E-state index >= 15 is 0 Å². The van der Waals surface area contributed by atoms with Crippen molar-refractivity contribution in [1.29, 1.82) is 0 Å². The summed E-state index contributed by atoms with van der Waals surface area (Å²) in [6, 6.07) is 7.62. The average Bonchev–Trinajstić information content (AvgIpc) is 3.16. The predicted molar refractivity (Wildman–Crippen MR) is 83.7 cm³/mol. The average molecular weight is 302 g/mol. The first-order chi connectivity index (χ1) is 10.7. The molecule has 2 amide bonds. The number of carbonyl (C=O) groups excluding carboxylic acids is 2. The molecule has 1 atom stereocenters. The molecule has 5 heteroatoms. The highest BCUT2D eigenvalue weighted by atomic mass is 16.5. The third kappa shape index (κ3) is 3.08. The van der Waals surface area contributed by atoms with Gasteiger partial charge in [-0.2, -0.15) is 0 Å². The van der Waals surface area contributed by atoms with Gasteiger partial charge < -0.3 is 15.0 Å². The molecule has 1 aliphatic carbocycles. The molecule has 2 aliphatic rings. The summed E-state index contributed by atoms with van der Waals surface area (Å²) in [4.78, 5) is 26.5. The molecule has 0 radical (unpaired) electrons. The number of hydrogen-bond donors (Lipinski definition) is 1. The summed E-state index contributed by atoms with van der Waals surface area (Å²) in [7, 11) is 1.59. The molecular formula is C17H22N2O3. The molecular weight excluding hydrogens is 280 g/mol. The smallest absolute Gasteiger partial charge is 0.229 e. The SMILES string of the molecule is COc1cccc(NC(=O)[C@@H]2CC(=O)N(C3CCCC3)C2)c1. The van der Waals surface area contributed by atoms with Gasteiger partial charge in [0.25, 0.3) is 0 Å². The molecule has 0 bridgehead atoms. The summed E-state index contributed by atoms with van der Waals surface area (Å²) in [6.07, 6.45) is 4.86. The summed E-state index contributed by atoms with van der Waals surface area (Å²) in [5, 5.41) is 2.89. The molecule has 1 aromatic carbocycles. The summed E-state index contributed by atoms with van der Waals surface area (Å²) in [5.41, 5.74) is 0.705. The second-order valence-corrected chi connectivity index (χ2v) is 6.11. The molecule has 1 saturated heterocycles. The largest absolute Gasteiger partial charge is 0.497 e. The van der Waals surface area contributed by atoms with Crippen LogP contribution in [-0.2, 0) is 9.59 Å². The first kappa shape index (κ1) is 14.9. The Balaban J connectivity index is 1.62. The number of nitrogens with one attached hydrogen (secondary N) is 1. The number of methoxy groups -OCH3 is 1. The van der Waals surface area contributed by atoms with Gasteiger partial charge in [-0.05, 0) is 25.0 Å². The molecule has 0 unspecified atom stereocenters. The molecule has 5 nitrogen and oxygen atoms in total. The standard InChI is InChI=1S/C17H22N2O3/c1-22-15-8-4-5-13(10-15)18-17(21)12-9-16(20)19(11-12)14-6-2-3-7-14/h4-5,8,10,12,14H,2-3,6-7,9,11H2,1H3,(H,18,21)/t12-/m1/s1. The lowest BCUT2D eigenvalue weighted by Gasteiger charge is -2.23. The van der Waals surface area contributed by atoms with Crippen molar-refractivity contribution in [3.8, 4) is 5.75 Å². The molecule has 22 heavy (non-hydrogen) atoms. The van der Waals surface area contributed by atoms with Crippen LogP contribution in [0.1, 0.15) is 32.1 Å². The lowest BCUT2D eigenvalue weighted by Crippen LogP contribution is -2.35. The molecule has 0 aromatic heterocycles. The van der Waals surface area contributed by atoms with Crippen LogP contribution in [0.2, 0.25) is 0 Å². The van der Waals surface area contributed by atoms with E-state index in [1.165, 1.54) is 12.8 Å². The van der Waals surface area contributed by atoms with Crippen LogP contribution < -0.4 is 10.1 Å². The van der Waals surface area contributed by atoms with Gasteiger partial charge in [-0.3, -0.25) is 9.59 Å². The Hall–Kier alpha value is -2.04. The van der Waals surface area contributed by atoms with Gasteiger partial charge in [-0.1, -0.05) is 18.9 Å². The fourth-order valence-corrected chi connectivity index (χ4v) is 3.42. The van der Waals surface area contributed by atoms with E-state index in [0.29, 0.717) is 30.4 Å². The van der Waals surface area contributed by atoms with Gasteiger partial charge in [0.15, 0.2) is 0 Å². The van der Waals surface area contributed by atoms with E-state index in [1.54, 1.807) is 13.2 Å². The molecule has 1 N–H and O–H groups in total. The fourth-order valence-electron chi connectivity index (χ4n) is 3.42. The van der Waals surface area contributed by atoms with Crippen molar-refractivity contribution in [2.45, 2.75) is 38.1 Å². The fraction of sp³-hybridized carbons (Fsp3) is 0.529. The number of benzene rings is 1. The summed E-state index contributed by atoms with van der Waals surface area (Å²) in [5.74, 6) is 0.493. The molecule has 1 aromatic rings. The van der Waals surface area contributed by atoms with Crippen LogP contribution in [-0.4, -0.2) is 36.4 Å². The third-order valence-corrected chi connectivity index (χ3v) is 4.63. The Morgan fingerprint density at radius 2 is 2.09 bits per heavy atom. The number of nitrogens with zero attached hydrogens (tertiary/aromatic N) is 1. The van der Waals surface area contributed by atoms with Crippen molar-refractivity contribution in [3.63, 3.8) is 0 Å². The molecule has 0 spiro atoms. The van der Waals surface area contributed by atoms with Crippen LogP contribution in [0.4, 0.5) is 5.69 Å². The van der Waals surface area contributed by atoms with E-state index in [9.17, 15) is 9.59 Å². The van der Waals surface area contributed by atoms with E-state index in [2.05, 4.69) is 5.32 Å². The van der Waals surface area contributed by atoms with Crippen LogP contribution in [0, 0.1) is 5.92 Å². The zero-order valence-electron chi connectivity index (χ0n) is 12.9. The van der Waals surface area contributed by atoms with Crippen molar-refractivity contribution in [2.24, 2.45) is 5.92 Å². The van der Waals surface area contributed by atoms with Crippen molar-refractivity contribution in [2.75, 3.05) is 19.0 Å². The molecule has 1 aliphatic heterocycles. The third-order valence-electron chi connectivity index (χ3n) is 4.63. The highest BCUT2D eigenvalue weighted by Crippen LogP contribution is 2.30. The molecule has 1 saturated carbocycles. The highest BCUT2D eigenvalue weighted by Gasteiger charge is 2.38. The number of rotatable bonds is 4. The van der Waals surface area contributed by atoms with Crippen molar-refractivity contribution >= 4 is 17.5 Å². The quantitative estimate of drug-likeness (QED) is 0.929. The van der Waals surface area contributed by atoms with Crippen LogP contribution in [0.3, 0.4) is 0 Å². The van der Waals surface area contributed by atoms with Crippen LogP contribution in [0.25, 0.3) is 0 Å². The Kier molecular flexibility index (Phi) is 4.32. The monoisotopic (exact) mass is 302 g/mol.